The molecule has 0 amide bonds. The van der Waals surface area contributed by atoms with Gasteiger partial charge in [-0.2, -0.15) is 0 Å². The normalized spacial score (nSPS) is 18.1. The molecule has 1 aliphatic rings. The molecule has 0 spiro atoms. The zero-order valence-electron chi connectivity index (χ0n) is 10.5. The molecule has 0 aliphatic carbocycles. The molecule has 1 heterocycles. The highest BCUT2D eigenvalue weighted by atomic mass is 16.7. The highest BCUT2D eigenvalue weighted by Crippen LogP contribution is 2.19. The van der Waals surface area contributed by atoms with Gasteiger partial charge in [0.05, 0.1) is 18.9 Å². The summed E-state index contributed by atoms with van der Waals surface area (Å²) in [6.07, 6.45) is 4.80. The Balaban J connectivity index is 2.64. The molecular formula is C12H23NO3. The Morgan fingerprint density at radius 1 is 1.44 bits per heavy atom. The van der Waals surface area contributed by atoms with Gasteiger partial charge in [-0.3, -0.25) is 0 Å². The van der Waals surface area contributed by atoms with Crippen LogP contribution in [-0.4, -0.2) is 39.7 Å². The van der Waals surface area contributed by atoms with E-state index < -0.39 is 0 Å². The molecule has 4 heteroatoms. The van der Waals surface area contributed by atoms with Gasteiger partial charge >= 0.3 is 0 Å². The van der Waals surface area contributed by atoms with E-state index in [1.165, 1.54) is 5.57 Å². The summed E-state index contributed by atoms with van der Waals surface area (Å²) >= 11 is 0. The third kappa shape index (κ3) is 3.77. The second-order valence-electron chi connectivity index (χ2n) is 3.94. The smallest absolute Gasteiger partial charge is 0.176 e. The van der Waals surface area contributed by atoms with E-state index in [0.717, 1.165) is 32.4 Å². The van der Waals surface area contributed by atoms with Crippen LogP contribution in [-0.2, 0) is 14.2 Å². The number of methoxy groups -OCH3 is 2. The van der Waals surface area contributed by atoms with Crippen molar-refractivity contribution in [1.29, 1.82) is 0 Å². The molecule has 0 radical (unpaired) electrons. The van der Waals surface area contributed by atoms with E-state index in [4.69, 9.17) is 14.2 Å². The lowest BCUT2D eigenvalue weighted by Crippen LogP contribution is -2.44. The SMILES string of the molecule is CCCNC(C1=COCCC1)C(OC)OC. The second kappa shape index (κ2) is 7.65. The minimum absolute atomic E-state index is 0.0928. The summed E-state index contributed by atoms with van der Waals surface area (Å²) < 4.78 is 16.0. The molecule has 1 atom stereocenters. The average molecular weight is 229 g/mol. The zero-order chi connectivity index (χ0) is 11.8. The summed E-state index contributed by atoms with van der Waals surface area (Å²) in [6.45, 7) is 3.91. The molecule has 1 N–H and O–H groups in total. The van der Waals surface area contributed by atoms with Crippen LogP contribution in [0.3, 0.4) is 0 Å². The van der Waals surface area contributed by atoms with Gasteiger partial charge in [0, 0.05) is 14.2 Å². The Kier molecular flexibility index (Phi) is 6.45. The van der Waals surface area contributed by atoms with Crippen LogP contribution in [0, 0.1) is 0 Å². The lowest BCUT2D eigenvalue weighted by molar-refractivity contribution is -0.117. The van der Waals surface area contributed by atoms with Crippen molar-refractivity contribution in [2.24, 2.45) is 0 Å². The summed E-state index contributed by atoms with van der Waals surface area (Å²) in [7, 11) is 3.33. The van der Waals surface area contributed by atoms with E-state index in [9.17, 15) is 0 Å². The zero-order valence-corrected chi connectivity index (χ0v) is 10.5. The fourth-order valence-electron chi connectivity index (χ4n) is 1.88. The first-order valence-corrected chi connectivity index (χ1v) is 5.93. The van der Waals surface area contributed by atoms with E-state index in [1.807, 2.05) is 6.26 Å². The molecule has 0 fully saturated rings. The van der Waals surface area contributed by atoms with E-state index in [-0.39, 0.29) is 12.3 Å². The molecule has 1 unspecified atom stereocenters. The summed E-state index contributed by atoms with van der Waals surface area (Å²) in [5.74, 6) is 0. The summed E-state index contributed by atoms with van der Waals surface area (Å²) in [5, 5.41) is 3.44. The van der Waals surface area contributed by atoms with Crippen molar-refractivity contribution in [2.45, 2.75) is 38.5 Å². The molecule has 1 rings (SSSR count). The molecule has 1 aliphatic heterocycles. The molecule has 0 aromatic carbocycles. The molecule has 0 bridgehead atoms. The van der Waals surface area contributed by atoms with Crippen LogP contribution in [0.4, 0.5) is 0 Å². The van der Waals surface area contributed by atoms with Crippen LogP contribution < -0.4 is 5.32 Å². The van der Waals surface area contributed by atoms with Crippen LogP contribution in [0.15, 0.2) is 11.8 Å². The van der Waals surface area contributed by atoms with Gasteiger partial charge in [0.25, 0.3) is 0 Å². The highest BCUT2D eigenvalue weighted by molar-refractivity contribution is 5.11. The Labute approximate surface area is 97.9 Å². The first kappa shape index (κ1) is 13.5. The van der Waals surface area contributed by atoms with Crippen molar-refractivity contribution in [3.8, 4) is 0 Å². The Morgan fingerprint density at radius 2 is 2.19 bits per heavy atom. The van der Waals surface area contributed by atoms with Crippen molar-refractivity contribution in [3.63, 3.8) is 0 Å². The van der Waals surface area contributed by atoms with Crippen molar-refractivity contribution >= 4 is 0 Å². The van der Waals surface area contributed by atoms with Gasteiger partial charge in [0.15, 0.2) is 6.29 Å². The highest BCUT2D eigenvalue weighted by Gasteiger charge is 2.25. The molecule has 16 heavy (non-hydrogen) atoms. The Bertz CT molecular complexity index is 214. The minimum Gasteiger partial charge on any atom is -0.501 e. The van der Waals surface area contributed by atoms with Crippen molar-refractivity contribution in [3.05, 3.63) is 11.8 Å². The number of rotatable bonds is 7. The molecule has 94 valence electrons. The van der Waals surface area contributed by atoms with Gasteiger partial charge in [-0.15, -0.1) is 0 Å². The second-order valence-corrected chi connectivity index (χ2v) is 3.94. The van der Waals surface area contributed by atoms with Crippen LogP contribution in [0.5, 0.6) is 0 Å². The molecule has 0 saturated heterocycles. The maximum Gasteiger partial charge on any atom is 0.176 e. The molecule has 4 nitrogen and oxygen atoms in total. The predicted octanol–water partition coefficient (Wildman–Crippen LogP) is 1.67. The fourth-order valence-corrected chi connectivity index (χ4v) is 1.88. The Hall–Kier alpha value is -0.580. The predicted molar refractivity (Wildman–Crippen MR) is 63.2 cm³/mol. The van der Waals surface area contributed by atoms with Gasteiger partial charge in [-0.25, -0.2) is 0 Å². The summed E-state index contributed by atoms with van der Waals surface area (Å²) in [5.41, 5.74) is 1.23. The lowest BCUT2D eigenvalue weighted by atomic mass is 10.0. The number of ether oxygens (including phenoxy) is 3. The molecule has 0 saturated carbocycles. The van der Waals surface area contributed by atoms with E-state index in [1.54, 1.807) is 14.2 Å². The van der Waals surface area contributed by atoms with Crippen LogP contribution in [0.25, 0.3) is 0 Å². The fraction of sp³-hybridized carbons (Fsp3) is 0.833. The molecular weight excluding hydrogens is 206 g/mol. The monoisotopic (exact) mass is 229 g/mol. The Morgan fingerprint density at radius 3 is 2.69 bits per heavy atom. The van der Waals surface area contributed by atoms with E-state index in [2.05, 4.69) is 12.2 Å². The van der Waals surface area contributed by atoms with Crippen molar-refractivity contribution in [2.75, 3.05) is 27.4 Å². The summed E-state index contributed by atoms with van der Waals surface area (Å²) in [4.78, 5) is 0. The van der Waals surface area contributed by atoms with Crippen molar-refractivity contribution in [1.82, 2.24) is 5.32 Å². The van der Waals surface area contributed by atoms with Crippen LogP contribution in [0.1, 0.15) is 26.2 Å². The molecule has 0 aromatic heterocycles. The third-order valence-corrected chi connectivity index (χ3v) is 2.71. The first-order valence-electron chi connectivity index (χ1n) is 5.93. The first-order chi connectivity index (χ1) is 7.83. The number of hydrogen-bond donors (Lipinski definition) is 1. The van der Waals surface area contributed by atoms with Crippen molar-refractivity contribution < 1.29 is 14.2 Å². The quantitative estimate of drug-likeness (QED) is 0.674. The van der Waals surface area contributed by atoms with Gasteiger partial charge in [0.1, 0.15) is 0 Å². The van der Waals surface area contributed by atoms with Gasteiger partial charge in [0.2, 0.25) is 0 Å². The number of nitrogens with one attached hydrogen (secondary N) is 1. The summed E-state index contributed by atoms with van der Waals surface area (Å²) in [6, 6.07) is 0.0928. The largest absolute Gasteiger partial charge is 0.501 e. The van der Waals surface area contributed by atoms with E-state index >= 15 is 0 Å². The minimum atomic E-state index is -0.250. The maximum absolute atomic E-state index is 5.37. The van der Waals surface area contributed by atoms with Gasteiger partial charge < -0.3 is 19.5 Å². The van der Waals surface area contributed by atoms with Crippen LogP contribution >= 0.6 is 0 Å². The third-order valence-electron chi connectivity index (χ3n) is 2.71. The van der Waals surface area contributed by atoms with Gasteiger partial charge in [-0.1, -0.05) is 6.92 Å². The maximum atomic E-state index is 5.37. The molecule has 0 aromatic rings. The topological polar surface area (TPSA) is 39.7 Å². The number of hydrogen-bond acceptors (Lipinski definition) is 4. The standard InChI is InChI=1S/C12H23NO3/c1-4-7-13-11(12(14-2)15-3)10-6-5-8-16-9-10/h9,11-13H,4-8H2,1-3H3. The van der Waals surface area contributed by atoms with Gasteiger partial charge in [-0.05, 0) is 31.4 Å². The van der Waals surface area contributed by atoms with E-state index in [0.29, 0.717) is 0 Å². The van der Waals surface area contributed by atoms with Crippen LogP contribution in [0.2, 0.25) is 0 Å². The lowest BCUT2D eigenvalue weighted by Gasteiger charge is -2.29. The average Bonchev–Trinajstić information content (AvgIpc) is 2.35.